The molecule has 160 valence electrons. The quantitative estimate of drug-likeness (QED) is 0.451. The smallest absolute Gasteiger partial charge is 0.338 e. The zero-order valence-electron chi connectivity index (χ0n) is 17.3. The maximum atomic E-state index is 13.4. The third-order valence-electron chi connectivity index (χ3n) is 5.98. The fourth-order valence-electron chi connectivity index (χ4n) is 3.90. The molecule has 1 aliphatic carbocycles. The first-order chi connectivity index (χ1) is 14.7. The van der Waals surface area contributed by atoms with E-state index in [0.29, 0.717) is 12.0 Å². The van der Waals surface area contributed by atoms with Crippen LogP contribution in [0.3, 0.4) is 0 Å². The van der Waals surface area contributed by atoms with Crippen LogP contribution in [0.4, 0.5) is 13.2 Å². The number of pyridine rings is 1. The molecule has 0 atom stereocenters. The minimum absolute atomic E-state index is 0.0261. The molecule has 3 aromatic heterocycles. The lowest BCUT2D eigenvalue weighted by Gasteiger charge is -2.13. The lowest BCUT2D eigenvalue weighted by atomic mass is 10.1. The Hall–Kier alpha value is -3.23. The maximum absolute atomic E-state index is 13.4. The number of imidazole rings is 1. The molecule has 4 aromatic rings. The number of nitrogens with zero attached hydrogens (tertiary/aromatic N) is 5. The standard InChI is InChI=1S/C22H20F3N5O/c1-4-13-10-14(18-28-20(31-29-18)21(7-8-21)22(23,24)25)11-26-17(13)19-27-15-9-12(2)5-6-16(15)30(19)3/h5-6,9-11H,4,7-8H2,1-3H3. The molecule has 1 aromatic carbocycles. The largest absolute Gasteiger partial charge is 0.403 e. The van der Waals surface area contributed by atoms with Crippen molar-refractivity contribution in [3.05, 3.63) is 47.5 Å². The Balaban J connectivity index is 1.55. The minimum atomic E-state index is -4.40. The summed E-state index contributed by atoms with van der Waals surface area (Å²) in [4.78, 5) is 13.4. The molecule has 1 fully saturated rings. The number of alkyl halides is 3. The lowest BCUT2D eigenvalue weighted by molar-refractivity contribution is -0.166. The van der Waals surface area contributed by atoms with E-state index < -0.39 is 11.6 Å². The van der Waals surface area contributed by atoms with Gasteiger partial charge in [-0.2, -0.15) is 18.2 Å². The molecule has 0 spiro atoms. The van der Waals surface area contributed by atoms with Crippen LogP contribution in [0.25, 0.3) is 33.9 Å². The summed E-state index contributed by atoms with van der Waals surface area (Å²) in [5, 5.41) is 3.80. The zero-order valence-corrected chi connectivity index (χ0v) is 17.3. The van der Waals surface area contributed by atoms with Gasteiger partial charge in [0.05, 0.1) is 11.0 Å². The molecule has 0 N–H and O–H groups in total. The van der Waals surface area contributed by atoms with E-state index in [9.17, 15) is 13.2 Å². The number of hydrogen-bond acceptors (Lipinski definition) is 5. The van der Waals surface area contributed by atoms with Gasteiger partial charge in [-0.1, -0.05) is 18.1 Å². The van der Waals surface area contributed by atoms with Crippen LogP contribution in [0, 0.1) is 6.92 Å². The predicted octanol–water partition coefficient (Wildman–Crippen LogP) is 5.15. The summed E-state index contributed by atoms with van der Waals surface area (Å²) in [6.07, 6.45) is -2.23. The second-order valence-electron chi connectivity index (χ2n) is 8.07. The van der Waals surface area contributed by atoms with Crippen molar-refractivity contribution in [3.8, 4) is 22.9 Å². The topological polar surface area (TPSA) is 69.6 Å². The summed E-state index contributed by atoms with van der Waals surface area (Å²) in [6, 6.07) is 7.92. The SMILES string of the molecule is CCc1cc(-c2noc(C3(C(F)(F)F)CC3)n2)cnc1-c1nc2cc(C)ccc2n1C. The van der Waals surface area contributed by atoms with Crippen LogP contribution in [0.2, 0.25) is 0 Å². The van der Waals surface area contributed by atoms with Crippen molar-refractivity contribution < 1.29 is 17.7 Å². The summed E-state index contributed by atoms with van der Waals surface area (Å²) in [5.41, 5.74) is 3.15. The minimum Gasteiger partial charge on any atom is -0.338 e. The highest BCUT2D eigenvalue weighted by molar-refractivity contribution is 5.81. The van der Waals surface area contributed by atoms with E-state index in [1.807, 2.05) is 49.7 Å². The number of aromatic nitrogens is 5. The average molecular weight is 427 g/mol. The summed E-state index contributed by atoms with van der Waals surface area (Å²) >= 11 is 0. The molecule has 3 heterocycles. The first-order valence-electron chi connectivity index (χ1n) is 10.1. The van der Waals surface area contributed by atoms with Crippen LogP contribution < -0.4 is 0 Å². The van der Waals surface area contributed by atoms with Gasteiger partial charge in [-0.25, -0.2) is 4.98 Å². The molecule has 0 radical (unpaired) electrons. The van der Waals surface area contributed by atoms with E-state index in [1.165, 1.54) is 0 Å². The Kier molecular flexibility index (Phi) is 4.22. The third kappa shape index (κ3) is 3.02. The van der Waals surface area contributed by atoms with Gasteiger partial charge < -0.3 is 9.09 Å². The van der Waals surface area contributed by atoms with Crippen LogP contribution in [-0.2, 0) is 18.9 Å². The third-order valence-corrected chi connectivity index (χ3v) is 5.98. The van der Waals surface area contributed by atoms with Gasteiger partial charge in [0.1, 0.15) is 11.1 Å². The van der Waals surface area contributed by atoms with Gasteiger partial charge in [0, 0.05) is 18.8 Å². The highest BCUT2D eigenvalue weighted by Crippen LogP contribution is 2.58. The average Bonchev–Trinajstić information content (AvgIpc) is 3.31. The highest BCUT2D eigenvalue weighted by atomic mass is 19.4. The molecule has 0 aliphatic heterocycles. The fraction of sp³-hybridized carbons (Fsp3) is 0.364. The molecule has 9 heteroatoms. The van der Waals surface area contributed by atoms with Crippen molar-refractivity contribution in [1.29, 1.82) is 0 Å². The molecule has 0 saturated heterocycles. The van der Waals surface area contributed by atoms with Crippen LogP contribution >= 0.6 is 0 Å². The number of hydrogen-bond donors (Lipinski definition) is 0. The molecule has 6 nitrogen and oxygen atoms in total. The lowest BCUT2D eigenvalue weighted by Crippen LogP contribution is -2.28. The van der Waals surface area contributed by atoms with E-state index in [4.69, 9.17) is 9.51 Å². The van der Waals surface area contributed by atoms with Crippen LogP contribution in [0.15, 0.2) is 35.0 Å². The van der Waals surface area contributed by atoms with Crippen LogP contribution in [0.5, 0.6) is 0 Å². The molecule has 31 heavy (non-hydrogen) atoms. The molecule has 1 saturated carbocycles. The number of benzene rings is 1. The van der Waals surface area contributed by atoms with Gasteiger partial charge in [-0.3, -0.25) is 4.98 Å². The first-order valence-corrected chi connectivity index (χ1v) is 10.1. The normalized spacial score (nSPS) is 15.5. The van der Waals surface area contributed by atoms with Gasteiger partial charge in [-0.05, 0) is 55.5 Å². The Labute approximate surface area is 176 Å². The molecule has 0 amide bonds. The Bertz CT molecular complexity index is 1300. The van der Waals surface area contributed by atoms with Crippen molar-refractivity contribution in [3.63, 3.8) is 0 Å². The van der Waals surface area contributed by atoms with Crippen molar-refractivity contribution in [2.24, 2.45) is 7.05 Å². The summed E-state index contributed by atoms with van der Waals surface area (Å²) < 4.78 is 47.1. The predicted molar refractivity (Wildman–Crippen MR) is 108 cm³/mol. The molecule has 0 unspecified atom stereocenters. The fourth-order valence-corrected chi connectivity index (χ4v) is 3.90. The number of rotatable bonds is 4. The van der Waals surface area contributed by atoms with E-state index >= 15 is 0 Å². The highest BCUT2D eigenvalue weighted by Gasteiger charge is 2.68. The van der Waals surface area contributed by atoms with Gasteiger partial charge in [0.25, 0.3) is 0 Å². The Morgan fingerprint density at radius 2 is 1.94 bits per heavy atom. The van der Waals surface area contributed by atoms with Gasteiger partial charge in [-0.15, -0.1) is 0 Å². The Morgan fingerprint density at radius 1 is 1.16 bits per heavy atom. The first kappa shape index (κ1) is 19.7. The van der Waals surface area contributed by atoms with Crippen LogP contribution in [-0.4, -0.2) is 30.9 Å². The molecule has 1 aliphatic rings. The summed E-state index contributed by atoms with van der Waals surface area (Å²) in [5.74, 6) is 0.467. The zero-order chi connectivity index (χ0) is 22.0. The number of halogens is 3. The van der Waals surface area contributed by atoms with Gasteiger partial charge >= 0.3 is 6.18 Å². The van der Waals surface area contributed by atoms with Gasteiger partial charge in [0.2, 0.25) is 11.7 Å². The molecule has 0 bridgehead atoms. The number of aryl methyl sites for hydroxylation is 3. The summed E-state index contributed by atoms with van der Waals surface area (Å²) in [6.45, 7) is 4.00. The van der Waals surface area contributed by atoms with E-state index in [1.54, 1.807) is 6.20 Å². The van der Waals surface area contributed by atoms with Crippen molar-refractivity contribution in [2.45, 2.75) is 44.7 Å². The Morgan fingerprint density at radius 3 is 2.61 bits per heavy atom. The van der Waals surface area contributed by atoms with E-state index in [2.05, 4.69) is 15.1 Å². The summed E-state index contributed by atoms with van der Waals surface area (Å²) in [7, 11) is 1.94. The van der Waals surface area contributed by atoms with Gasteiger partial charge in [0.15, 0.2) is 5.82 Å². The van der Waals surface area contributed by atoms with Crippen LogP contribution in [0.1, 0.15) is 36.8 Å². The second-order valence-corrected chi connectivity index (χ2v) is 8.07. The van der Waals surface area contributed by atoms with Crippen molar-refractivity contribution in [2.75, 3.05) is 0 Å². The second kappa shape index (κ2) is 6.63. The van der Waals surface area contributed by atoms with Crippen molar-refractivity contribution in [1.82, 2.24) is 24.7 Å². The molecule has 5 rings (SSSR count). The maximum Gasteiger partial charge on any atom is 0.403 e. The molecular formula is C22H20F3N5O. The molecular weight excluding hydrogens is 407 g/mol. The monoisotopic (exact) mass is 427 g/mol. The number of fused-ring (bicyclic) bond motifs is 1. The van der Waals surface area contributed by atoms with E-state index in [0.717, 1.165) is 33.7 Å². The van der Waals surface area contributed by atoms with Crippen molar-refractivity contribution >= 4 is 11.0 Å². The van der Waals surface area contributed by atoms with E-state index in [-0.39, 0.29) is 24.6 Å².